The second kappa shape index (κ2) is 5.64. The molecule has 1 atom stereocenters. The number of rotatable bonds is 6. The summed E-state index contributed by atoms with van der Waals surface area (Å²) < 4.78 is 22.6. The minimum atomic E-state index is -3.45. The number of carbonyl (C=O) groups is 1. The number of nitrogens with two attached hydrogens (primary N) is 1. The van der Waals surface area contributed by atoms with Gasteiger partial charge >= 0.3 is 7.60 Å². The van der Waals surface area contributed by atoms with E-state index < -0.39 is 19.2 Å². The maximum absolute atomic E-state index is 12.2. The summed E-state index contributed by atoms with van der Waals surface area (Å²) in [5.74, 6) is -0.681. The number of hydrogen-bond donors (Lipinski definition) is 1. The van der Waals surface area contributed by atoms with Gasteiger partial charge in [0.2, 0.25) is 5.91 Å². The lowest BCUT2D eigenvalue weighted by Gasteiger charge is -2.25. The monoisotopic (exact) mass is 237 g/mol. The summed E-state index contributed by atoms with van der Waals surface area (Å²) in [6, 6.07) is 0. The molecule has 0 aromatic rings. The van der Waals surface area contributed by atoms with Crippen molar-refractivity contribution >= 4 is 13.5 Å². The van der Waals surface area contributed by atoms with Gasteiger partial charge in [-0.15, -0.1) is 0 Å². The average molecular weight is 237 g/mol. The molecule has 90 valence electrons. The van der Waals surface area contributed by atoms with Crippen LogP contribution in [0.4, 0.5) is 0 Å². The summed E-state index contributed by atoms with van der Waals surface area (Å²) >= 11 is 0. The van der Waals surface area contributed by atoms with E-state index in [0.29, 0.717) is 0 Å². The predicted octanol–water partition coefficient (Wildman–Crippen LogP) is 1.90. The molecule has 0 saturated carbocycles. The van der Waals surface area contributed by atoms with Crippen molar-refractivity contribution in [3.8, 4) is 0 Å². The van der Waals surface area contributed by atoms with Gasteiger partial charge in [-0.05, 0) is 34.6 Å². The van der Waals surface area contributed by atoms with Crippen LogP contribution in [0.3, 0.4) is 0 Å². The molecule has 2 N–H and O–H groups in total. The lowest BCUT2D eigenvalue weighted by atomic mass is 10.5. The Balaban J connectivity index is 4.85. The molecule has 5 nitrogen and oxygen atoms in total. The Morgan fingerprint density at radius 3 is 1.60 bits per heavy atom. The van der Waals surface area contributed by atoms with Crippen LogP contribution >= 0.6 is 7.60 Å². The quantitative estimate of drug-likeness (QED) is 0.715. The molecule has 0 radical (unpaired) electrons. The van der Waals surface area contributed by atoms with Crippen LogP contribution in [0.25, 0.3) is 0 Å². The highest BCUT2D eigenvalue weighted by atomic mass is 31.2. The fourth-order valence-electron chi connectivity index (χ4n) is 0.951. The number of primary amides is 1. The Morgan fingerprint density at radius 2 is 1.40 bits per heavy atom. The zero-order valence-electron chi connectivity index (χ0n) is 9.89. The SMILES string of the molecule is CC(C)OP(=O)(OC(C)C)C(C)C(N)=O. The van der Waals surface area contributed by atoms with E-state index in [1.54, 1.807) is 27.7 Å². The molecule has 0 bridgehead atoms. The third-order valence-corrected chi connectivity index (χ3v) is 4.24. The lowest BCUT2D eigenvalue weighted by molar-refractivity contribution is -0.117. The topological polar surface area (TPSA) is 78.6 Å². The summed E-state index contributed by atoms with van der Waals surface area (Å²) in [4.78, 5) is 11.0. The fraction of sp³-hybridized carbons (Fsp3) is 0.889. The maximum Gasteiger partial charge on any atom is 0.343 e. The van der Waals surface area contributed by atoms with Gasteiger partial charge in [0.15, 0.2) is 0 Å². The summed E-state index contributed by atoms with van der Waals surface area (Å²) in [6.45, 7) is 8.36. The molecular weight excluding hydrogens is 217 g/mol. The summed E-state index contributed by atoms with van der Waals surface area (Å²) in [5, 5.41) is 0. The van der Waals surface area contributed by atoms with Gasteiger partial charge in [0, 0.05) is 0 Å². The van der Waals surface area contributed by atoms with E-state index in [4.69, 9.17) is 14.8 Å². The van der Waals surface area contributed by atoms with Crippen LogP contribution < -0.4 is 5.73 Å². The van der Waals surface area contributed by atoms with Gasteiger partial charge in [0.1, 0.15) is 5.66 Å². The van der Waals surface area contributed by atoms with E-state index in [1.165, 1.54) is 6.92 Å². The Bertz CT molecular complexity index is 251. The first-order valence-corrected chi connectivity index (χ1v) is 6.56. The largest absolute Gasteiger partial charge is 0.369 e. The highest BCUT2D eigenvalue weighted by Gasteiger charge is 2.38. The molecule has 6 heteroatoms. The van der Waals surface area contributed by atoms with Gasteiger partial charge in [-0.2, -0.15) is 0 Å². The first-order valence-electron chi connectivity index (χ1n) is 4.95. The molecule has 0 saturated heterocycles. The molecule has 0 rings (SSSR count). The third kappa shape index (κ3) is 4.78. The van der Waals surface area contributed by atoms with Crippen molar-refractivity contribution in [2.45, 2.75) is 52.5 Å². The van der Waals surface area contributed by atoms with Crippen LogP contribution in [0.1, 0.15) is 34.6 Å². The molecule has 0 fully saturated rings. The molecule has 0 heterocycles. The minimum Gasteiger partial charge on any atom is -0.369 e. The molecule has 15 heavy (non-hydrogen) atoms. The summed E-state index contributed by atoms with van der Waals surface area (Å²) in [6.07, 6.45) is -0.562. The number of amides is 1. The maximum atomic E-state index is 12.2. The molecule has 0 spiro atoms. The van der Waals surface area contributed by atoms with Crippen molar-refractivity contribution in [2.75, 3.05) is 0 Å². The average Bonchev–Trinajstić information content (AvgIpc) is 1.99. The second-order valence-corrected chi connectivity index (χ2v) is 6.20. The molecule has 0 aliphatic carbocycles. The smallest absolute Gasteiger partial charge is 0.343 e. The molecule has 1 unspecified atom stereocenters. The van der Waals surface area contributed by atoms with Crippen molar-refractivity contribution < 1.29 is 18.4 Å². The Hall–Kier alpha value is -0.380. The van der Waals surface area contributed by atoms with E-state index in [1.807, 2.05) is 0 Å². The molecule has 0 aromatic heterocycles. The van der Waals surface area contributed by atoms with E-state index in [2.05, 4.69) is 0 Å². The lowest BCUT2D eigenvalue weighted by Crippen LogP contribution is -2.29. The molecular formula is C9H20NO4P. The zero-order valence-corrected chi connectivity index (χ0v) is 10.8. The van der Waals surface area contributed by atoms with Crippen LogP contribution in [-0.2, 0) is 18.4 Å². The number of carbonyl (C=O) groups excluding carboxylic acids is 1. The highest BCUT2D eigenvalue weighted by Crippen LogP contribution is 2.54. The van der Waals surface area contributed by atoms with Gasteiger partial charge in [-0.25, -0.2) is 0 Å². The molecule has 1 amide bonds. The van der Waals surface area contributed by atoms with Crippen molar-refractivity contribution in [3.05, 3.63) is 0 Å². The summed E-state index contributed by atoms with van der Waals surface area (Å²) in [5.41, 5.74) is 4.17. The van der Waals surface area contributed by atoms with Gasteiger partial charge in [-0.1, -0.05) is 0 Å². The van der Waals surface area contributed by atoms with Crippen molar-refractivity contribution in [1.29, 1.82) is 0 Å². The van der Waals surface area contributed by atoms with Crippen molar-refractivity contribution in [1.82, 2.24) is 0 Å². The fourth-order valence-corrected chi connectivity index (χ4v) is 2.85. The first-order chi connectivity index (χ1) is 6.69. The summed E-state index contributed by atoms with van der Waals surface area (Å²) in [7, 11) is -3.45. The van der Waals surface area contributed by atoms with Crippen LogP contribution in [0.5, 0.6) is 0 Å². The molecule has 0 aliphatic rings. The van der Waals surface area contributed by atoms with E-state index in [9.17, 15) is 9.36 Å². The van der Waals surface area contributed by atoms with Gasteiger partial charge < -0.3 is 14.8 Å². The van der Waals surface area contributed by atoms with Crippen LogP contribution in [0.15, 0.2) is 0 Å². The van der Waals surface area contributed by atoms with E-state index >= 15 is 0 Å². The second-order valence-electron chi connectivity index (χ2n) is 3.93. The highest BCUT2D eigenvalue weighted by molar-refractivity contribution is 7.55. The Kier molecular flexibility index (Phi) is 5.49. The van der Waals surface area contributed by atoms with Crippen LogP contribution in [-0.4, -0.2) is 23.8 Å². The normalized spacial score (nSPS) is 14.6. The van der Waals surface area contributed by atoms with Crippen LogP contribution in [0.2, 0.25) is 0 Å². The zero-order chi connectivity index (χ0) is 12.2. The van der Waals surface area contributed by atoms with Gasteiger partial charge in [0.05, 0.1) is 12.2 Å². The van der Waals surface area contributed by atoms with E-state index in [0.717, 1.165) is 0 Å². The predicted molar refractivity (Wildman–Crippen MR) is 58.7 cm³/mol. The van der Waals surface area contributed by atoms with Gasteiger partial charge in [-0.3, -0.25) is 9.36 Å². The Labute approximate surface area is 90.9 Å². The standard InChI is InChI=1S/C9H20NO4P/c1-6(2)13-15(12,14-7(3)4)8(5)9(10)11/h6-8H,1-5H3,(H2,10,11). The minimum absolute atomic E-state index is 0.281. The molecule has 0 aromatic carbocycles. The van der Waals surface area contributed by atoms with Crippen LogP contribution in [0, 0.1) is 0 Å². The van der Waals surface area contributed by atoms with Crippen molar-refractivity contribution in [2.24, 2.45) is 5.73 Å². The first kappa shape index (κ1) is 14.6. The van der Waals surface area contributed by atoms with E-state index in [-0.39, 0.29) is 12.2 Å². The Morgan fingerprint density at radius 1 is 1.07 bits per heavy atom. The molecule has 0 aliphatic heterocycles. The van der Waals surface area contributed by atoms with Crippen molar-refractivity contribution in [3.63, 3.8) is 0 Å². The van der Waals surface area contributed by atoms with Gasteiger partial charge in [0.25, 0.3) is 0 Å². The third-order valence-electron chi connectivity index (χ3n) is 1.60. The number of hydrogen-bond acceptors (Lipinski definition) is 4.